The molecular formula is C12H25N. The Hall–Kier alpha value is -0.0400. The molecule has 0 amide bonds. The molecule has 78 valence electrons. The summed E-state index contributed by atoms with van der Waals surface area (Å²) in [6.45, 7) is 8.15. The molecule has 0 aromatic heterocycles. The minimum atomic E-state index is 0.820. The molecule has 1 atom stereocenters. The fourth-order valence-electron chi connectivity index (χ4n) is 2.04. The first-order valence-corrected chi connectivity index (χ1v) is 6.05. The summed E-state index contributed by atoms with van der Waals surface area (Å²) in [5, 5.41) is 3.73. The smallest absolute Gasteiger partial charge is 0.00928 e. The van der Waals surface area contributed by atoms with Crippen molar-refractivity contribution in [1.82, 2.24) is 5.32 Å². The Morgan fingerprint density at radius 2 is 1.69 bits per heavy atom. The highest BCUT2D eigenvalue weighted by molar-refractivity contribution is 4.85. The van der Waals surface area contributed by atoms with Gasteiger partial charge < -0.3 is 5.32 Å². The highest BCUT2D eigenvalue weighted by Crippen LogP contribution is 2.33. The van der Waals surface area contributed by atoms with Crippen LogP contribution in [-0.2, 0) is 0 Å². The first-order chi connectivity index (χ1) is 6.31. The molecule has 1 rings (SSSR count). The quantitative estimate of drug-likeness (QED) is 0.639. The summed E-state index contributed by atoms with van der Waals surface area (Å²) in [6, 6.07) is 0.820. The number of rotatable bonds is 7. The summed E-state index contributed by atoms with van der Waals surface area (Å²) in [6.07, 6.45) is 6.89. The topological polar surface area (TPSA) is 12.0 Å². The highest BCUT2D eigenvalue weighted by atomic mass is 14.9. The van der Waals surface area contributed by atoms with E-state index < -0.39 is 0 Å². The van der Waals surface area contributed by atoms with Gasteiger partial charge in [0.1, 0.15) is 0 Å². The van der Waals surface area contributed by atoms with E-state index in [-0.39, 0.29) is 0 Å². The molecule has 0 saturated heterocycles. The van der Waals surface area contributed by atoms with E-state index in [4.69, 9.17) is 0 Å². The second-order valence-electron chi connectivity index (χ2n) is 4.44. The van der Waals surface area contributed by atoms with Gasteiger partial charge in [0.2, 0.25) is 0 Å². The van der Waals surface area contributed by atoms with Crippen LogP contribution in [0.15, 0.2) is 0 Å². The lowest BCUT2D eigenvalue weighted by molar-refractivity contribution is 0.379. The van der Waals surface area contributed by atoms with Crippen LogP contribution in [0.5, 0.6) is 0 Å². The van der Waals surface area contributed by atoms with Crippen LogP contribution in [0.1, 0.15) is 52.9 Å². The Labute approximate surface area is 83.3 Å². The first-order valence-electron chi connectivity index (χ1n) is 6.05. The summed E-state index contributed by atoms with van der Waals surface area (Å²) >= 11 is 0. The first kappa shape index (κ1) is 11.0. The maximum Gasteiger partial charge on any atom is 0.00928 e. The second kappa shape index (κ2) is 5.64. The van der Waals surface area contributed by atoms with Crippen molar-refractivity contribution in [3.05, 3.63) is 0 Å². The van der Waals surface area contributed by atoms with Crippen molar-refractivity contribution >= 4 is 0 Å². The van der Waals surface area contributed by atoms with E-state index in [1.165, 1.54) is 38.6 Å². The Morgan fingerprint density at radius 1 is 1.08 bits per heavy atom. The Bertz CT molecular complexity index is 125. The molecule has 1 saturated carbocycles. The lowest BCUT2D eigenvalue weighted by atomic mass is 10.0. The molecule has 0 bridgehead atoms. The fraction of sp³-hybridized carbons (Fsp3) is 1.00. The maximum atomic E-state index is 3.73. The molecule has 13 heavy (non-hydrogen) atoms. The van der Waals surface area contributed by atoms with Crippen LogP contribution in [0, 0.1) is 11.8 Å². The molecule has 0 aromatic rings. The van der Waals surface area contributed by atoms with Gasteiger partial charge >= 0.3 is 0 Å². The van der Waals surface area contributed by atoms with Crippen LogP contribution in [0.3, 0.4) is 0 Å². The van der Waals surface area contributed by atoms with Gasteiger partial charge in [-0.05, 0) is 37.6 Å². The molecule has 1 heteroatoms. The minimum Gasteiger partial charge on any atom is -0.313 e. The predicted molar refractivity (Wildman–Crippen MR) is 58.9 cm³/mol. The van der Waals surface area contributed by atoms with Crippen molar-refractivity contribution in [3.8, 4) is 0 Å². The molecule has 1 aliphatic carbocycles. The van der Waals surface area contributed by atoms with Crippen LogP contribution >= 0.6 is 0 Å². The molecule has 1 aliphatic rings. The maximum absolute atomic E-state index is 3.73. The van der Waals surface area contributed by atoms with Crippen LogP contribution in [-0.4, -0.2) is 12.6 Å². The highest BCUT2D eigenvalue weighted by Gasteiger charge is 2.29. The van der Waals surface area contributed by atoms with Crippen LogP contribution in [0.2, 0.25) is 0 Å². The molecule has 0 spiro atoms. The average molecular weight is 183 g/mol. The van der Waals surface area contributed by atoms with Crippen LogP contribution in [0.4, 0.5) is 0 Å². The van der Waals surface area contributed by atoms with Gasteiger partial charge in [0.25, 0.3) is 0 Å². The number of hydrogen-bond acceptors (Lipinski definition) is 1. The zero-order chi connectivity index (χ0) is 9.68. The molecule has 1 nitrogen and oxygen atoms in total. The van der Waals surface area contributed by atoms with E-state index in [1.54, 1.807) is 0 Å². The zero-order valence-corrected chi connectivity index (χ0v) is 9.47. The minimum absolute atomic E-state index is 0.820. The zero-order valence-electron chi connectivity index (χ0n) is 9.47. The largest absolute Gasteiger partial charge is 0.313 e. The van der Waals surface area contributed by atoms with Gasteiger partial charge in [-0.25, -0.2) is 0 Å². The fourth-order valence-corrected chi connectivity index (χ4v) is 2.04. The average Bonchev–Trinajstić information content (AvgIpc) is 2.96. The van der Waals surface area contributed by atoms with E-state index in [0.717, 1.165) is 17.9 Å². The summed E-state index contributed by atoms with van der Waals surface area (Å²) in [5.74, 6) is 1.91. The Balaban J connectivity index is 2.14. The normalized spacial score (nSPS) is 19.4. The molecule has 0 aromatic carbocycles. The van der Waals surface area contributed by atoms with Crippen molar-refractivity contribution in [2.45, 2.75) is 58.9 Å². The van der Waals surface area contributed by atoms with Crippen molar-refractivity contribution < 1.29 is 0 Å². The molecule has 1 unspecified atom stereocenters. The Morgan fingerprint density at radius 3 is 2.08 bits per heavy atom. The molecule has 0 heterocycles. The van der Waals surface area contributed by atoms with E-state index in [9.17, 15) is 0 Å². The Kier molecular flexibility index (Phi) is 4.79. The molecule has 1 fully saturated rings. The summed E-state index contributed by atoms with van der Waals surface area (Å²) in [5.41, 5.74) is 0. The lowest BCUT2D eigenvalue weighted by Gasteiger charge is -2.20. The molecule has 1 N–H and O–H groups in total. The molecule has 0 radical (unpaired) electrons. The van der Waals surface area contributed by atoms with Crippen molar-refractivity contribution in [2.24, 2.45) is 11.8 Å². The van der Waals surface area contributed by atoms with Gasteiger partial charge in [0.15, 0.2) is 0 Å². The van der Waals surface area contributed by atoms with Gasteiger partial charge in [-0.2, -0.15) is 0 Å². The third-order valence-electron chi connectivity index (χ3n) is 3.45. The number of nitrogens with one attached hydrogen (secondary N) is 1. The lowest BCUT2D eigenvalue weighted by Crippen LogP contribution is -2.34. The second-order valence-corrected chi connectivity index (χ2v) is 4.44. The van der Waals surface area contributed by atoms with Gasteiger partial charge in [0, 0.05) is 6.04 Å². The monoisotopic (exact) mass is 183 g/mol. The van der Waals surface area contributed by atoms with Crippen molar-refractivity contribution in [1.29, 1.82) is 0 Å². The summed E-state index contributed by atoms with van der Waals surface area (Å²) in [7, 11) is 0. The number of hydrogen-bond donors (Lipinski definition) is 1. The van der Waals surface area contributed by atoms with E-state index >= 15 is 0 Å². The van der Waals surface area contributed by atoms with Crippen molar-refractivity contribution in [3.63, 3.8) is 0 Å². The van der Waals surface area contributed by atoms with Gasteiger partial charge in [-0.1, -0.05) is 33.6 Å². The predicted octanol–water partition coefficient (Wildman–Crippen LogP) is 3.20. The molecular weight excluding hydrogens is 158 g/mol. The van der Waals surface area contributed by atoms with Gasteiger partial charge in [-0.15, -0.1) is 0 Å². The standard InChI is InChI=1S/C12H25N/c1-4-10(5-2)9-13-12(6-3)11-7-8-11/h10-13H,4-9H2,1-3H3. The van der Waals surface area contributed by atoms with Gasteiger partial charge in [-0.3, -0.25) is 0 Å². The summed E-state index contributed by atoms with van der Waals surface area (Å²) in [4.78, 5) is 0. The van der Waals surface area contributed by atoms with Crippen LogP contribution in [0.25, 0.3) is 0 Å². The van der Waals surface area contributed by atoms with Crippen LogP contribution < -0.4 is 5.32 Å². The van der Waals surface area contributed by atoms with E-state index in [0.29, 0.717) is 0 Å². The third kappa shape index (κ3) is 3.68. The molecule has 0 aliphatic heterocycles. The summed E-state index contributed by atoms with van der Waals surface area (Å²) < 4.78 is 0. The third-order valence-corrected chi connectivity index (χ3v) is 3.45. The van der Waals surface area contributed by atoms with Crippen molar-refractivity contribution in [2.75, 3.05) is 6.54 Å². The van der Waals surface area contributed by atoms with E-state index in [1.807, 2.05) is 0 Å². The van der Waals surface area contributed by atoms with Gasteiger partial charge in [0.05, 0.1) is 0 Å². The van der Waals surface area contributed by atoms with E-state index in [2.05, 4.69) is 26.1 Å². The SMILES string of the molecule is CCC(CC)CNC(CC)C1CC1.